The fourth-order valence-corrected chi connectivity index (χ4v) is 4.40. The van der Waals surface area contributed by atoms with E-state index in [1.807, 2.05) is 11.0 Å². The molecule has 1 aromatic carbocycles. The van der Waals surface area contributed by atoms with Crippen LogP contribution in [-0.4, -0.2) is 80.4 Å². The summed E-state index contributed by atoms with van der Waals surface area (Å²) in [6.07, 6.45) is 1.70. The Labute approximate surface area is 193 Å². The van der Waals surface area contributed by atoms with Gasteiger partial charge in [0, 0.05) is 56.3 Å². The van der Waals surface area contributed by atoms with Crippen LogP contribution in [0.3, 0.4) is 0 Å². The highest BCUT2D eigenvalue weighted by molar-refractivity contribution is 14.0. The number of piperidine rings is 1. The molecule has 0 radical (unpaired) electrons. The van der Waals surface area contributed by atoms with Crippen molar-refractivity contribution in [1.29, 1.82) is 0 Å². The lowest BCUT2D eigenvalue weighted by Gasteiger charge is -2.36. The first kappa shape index (κ1) is 24.2. The SMILES string of the molecule is CN=C(NCCSc1ccccc1F)N1CCC(C(=O)N2CCOCC2)CC1.I. The van der Waals surface area contributed by atoms with E-state index in [2.05, 4.69) is 15.2 Å². The number of rotatable bonds is 5. The van der Waals surface area contributed by atoms with E-state index in [-0.39, 0.29) is 41.6 Å². The molecule has 0 unspecified atom stereocenters. The minimum absolute atomic E-state index is 0. The Morgan fingerprint density at radius 2 is 1.90 bits per heavy atom. The average molecular weight is 536 g/mol. The van der Waals surface area contributed by atoms with Crippen LogP contribution < -0.4 is 5.32 Å². The molecule has 0 spiro atoms. The van der Waals surface area contributed by atoms with Crippen molar-refractivity contribution < 1.29 is 13.9 Å². The molecule has 2 saturated heterocycles. The third kappa shape index (κ3) is 6.99. The van der Waals surface area contributed by atoms with E-state index in [0.29, 0.717) is 37.7 Å². The predicted molar refractivity (Wildman–Crippen MR) is 126 cm³/mol. The van der Waals surface area contributed by atoms with E-state index < -0.39 is 0 Å². The molecular weight excluding hydrogens is 506 g/mol. The predicted octanol–water partition coefficient (Wildman–Crippen LogP) is 2.68. The Morgan fingerprint density at radius 3 is 2.55 bits per heavy atom. The summed E-state index contributed by atoms with van der Waals surface area (Å²) in [5.41, 5.74) is 0. The maximum Gasteiger partial charge on any atom is 0.225 e. The molecule has 2 heterocycles. The first-order valence-corrected chi connectivity index (χ1v) is 10.9. The van der Waals surface area contributed by atoms with Gasteiger partial charge in [-0.15, -0.1) is 35.7 Å². The smallest absolute Gasteiger partial charge is 0.225 e. The monoisotopic (exact) mass is 536 g/mol. The largest absolute Gasteiger partial charge is 0.378 e. The van der Waals surface area contributed by atoms with Crippen LogP contribution >= 0.6 is 35.7 Å². The molecule has 0 aromatic heterocycles. The van der Waals surface area contributed by atoms with Gasteiger partial charge < -0.3 is 19.9 Å². The number of benzene rings is 1. The van der Waals surface area contributed by atoms with Crippen molar-refractivity contribution >= 4 is 47.6 Å². The van der Waals surface area contributed by atoms with E-state index in [9.17, 15) is 9.18 Å². The van der Waals surface area contributed by atoms with Gasteiger partial charge in [0.25, 0.3) is 0 Å². The van der Waals surface area contributed by atoms with E-state index >= 15 is 0 Å². The van der Waals surface area contributed by atoms with Gasteiger partial charge in [-0.3, -0.25) is 9.79 Å². The number of thioether (sulfide) groups is 1. The number of amides is 1. The van der Waals surface area contributed by atoms with Crippen LogP contribution in [0.1, 0.15) is 12.8 Å². The van der Waals surface area contributed by atoms with Gasteiger partial charge >= 0.3 is 0 Å². The van der Waals surface area contributed by atoms with E-state index in [1.165, 1.54) is 17.8 Å². The number of aliphatic imine (C=N–C) groups is 1. The summed E-state index contributed by atoms with van der Waals surface area (Å²) >= 11 is 1.49. The van der Waals surface area contributed by atoms with Crippen LogP contribution in [0.5, 0.6) is 0 Å². The molecule has 6 nitrogen and oxygen atoms in total. The van der Waals surface area contributed by atoms with Crippen LogP contribution in [0, 0.1) is 11.7 Å². The van der Waals surface area contributed by atoms with Gasteiger partial charge in [0.1, 0.15) is 5.82 Å². The molecule has 2 fully saturated rings. The van der Waals surface area contributed by atoms with Gasteiger partial charge in [0.05, 0.1) is 13.2 Å². The maximum atomic E-state index is 13.7. The summed E-state index contributed by atoms with van der Waals surface area (Å²) in [6, 6.07) is 6.83. The average Bonchev–Trinajstić information content (AvgIpc) is 2.75. The Hall–Kier alpha value is -1.07. The summed E-state index contributed by atoms with van der Waals surface area (Å²) in [5, 5.41) is 3.36. The third-order valence-corrected chi connectivity index (χ3v) is 6.21. The minimum Gasteiger partial charge on any atom is -0.378 e. The zero-order valence-electron chi connectivity index (χ0n) is 16.8. The Kier molecular flexibility index (Phi) is 10.5. The normalized spacial score (nSPS) is 18.3. The van der Waals surface area contributed by atoms with E-state index in [0.717, 1.165) is 37.6 Å². The molecule has 0 saturated carbocycles. The topological polar surface area (TPSA) is 57.2 Å². The van der Waals surface area contributed by atoms with Crippen LogP contribution in [0.15, 0.2) is 34.2 Å². The quantitative estimate of drug-likeness (QED) is 0.206. The number of nitrogens with zero attached hydrogens (tertiary/aromatic N) is 3. The minimum atomic E-state index is -0.177. The van der Waals surface area contributed by atoms with Crippen LogP contribution in [0.25, 0.3) is 0 Å². The number of nitrogens with one attached hydrogen (secondary N) is 1. The van der Waals surface area contributed by atoms with Crippen molar-refractivity contribution in [3.63, 3.8) is 0 Å². The number of hydrogen-bond acceptors (Lipinski definition) is 4. The number of guanidine groups is 1. The molecule has 0 atom stereocenters. The van der Waals surface area contributed by atoms with Gasteiger partial charge in [-0.05, 0) is 25.0 Å². The van der Waals surface area contributed by atoms with E-state index in [1.54, 1.807) is 19.2 Å². The zero-order chi connectivity index (χ0) is 19.8. The second-order valence-corrected chi connectivity index (χ2v) is 8.09. The van der Waals surface area contributed by atoms with Crippen molar-refractivity contribution in [2.45, 2.75) is 17.7 Å². The highest BCUT2D eigenvalue weighted by atomic mass is 127. The molecule has 162 valence electrons. The highest BCUT2D eigenvalue weighted by Gasteiger charge is 2.30. The number of carbonyl (C=O) groups excluding carboxylic acids is 1. The lowest BCUT2D eigenvalue weighted by molar-refractivity contribution is -0.140. The van der Waals surface area contributed by atoms with Crippen LogP contribution in [0.2, 0.25) is 0 Å². The van der Waals surface area contributed by atoms with Crippen molar-refractivity contribution in [3.8, 4) is 0 Å². The van der Waals surface area contributed by atoms with Gasteiger partial charge in [-0.1, -0.05) is 12.1 Å². The second-order valence-electron chi connectivity index (χ2n) is 6.95. The van der Waals surface area contributed by atoms with Crippen molar-refractivity contribution in [2.75, 3.05) is 58.7 Å². The highest BCUT2D eigenvalue weighted by Crippen LogP contribution is 2.22. The van der Waals surface area contributed by atoms with Gasteiger partial charge in [-0.25, -0.2) is 4.39 Å². The molecule has 2 aliphatic rings. The molecular formula is C20H30FIN4O2S. The summed E-state index contributed by atoms with van der Waals surface area (Å²) in [6.45, 7) is 5.06. The lowest BCUT2D eigenvalue weighted by atomic mass is 9.95. The Morgan fingerprint density at radius 1 is 1.21 bits per heavy atom. The van der Waals surface area contributed by atoms with Gasteiger partial charge in [0.2, 0.25) is 5.91 Å². The van der Waals surface area contributed by atoms with Gasteiger partial charge in [0.15, 0.2) is 5.96 Å². The first-order valence-electron chi connectivity index (χ1n) is 9.88. The van der Waals surface area contributed by atoms with Crippen molar-refractivity contribution in [3.05, 3.63) is 30.1 Å². The first-order chi connectivity index (χ1) is 13.7. The fourth-order valence-electron chi connectivity index (χ4n) is 3.60. The molecule has 1 aromatic rings. The number of ether oxygens (including phenoxy) is 1. The van der Waals surface area contributed by atoms with Crippen LogP contribution in [-0.2, 0) is 9.53 Å². The van der Waals surface area contributed by atoms with Crippen molar-refractivity contribution in [1.82, 2.24) is 15.1 Å². The molecule has 3 rings (SSSR count). The molecule has 29 heavy (non-hydrogen) atoms. The van der Waals surface area contributed by atoms with Crippen LogP contribution in [0.4, 0.5) is 4.39 Å². The summed E-state index contributed by atoms with van der Waals surface area (Å²) in [5.74, 6) is 1.80. The maximum absolute atomic E-state index is 13.7. The molecule has 1 N–H and O–H groups in total. The number of halogens is 2. The number of hydrogen-bond donors (Lipinski definition) is 1. The fraction of sp³-hybridized carbons (Fsp3) is 0.600. The molecule has 2 aliphatic heterocycles. The second kappa shape index (κ2) is 12.6. The zero-order valence-corrected chi connectivity index (χ0v) is 20.0. The van der Waals surface area contributed by atoms with E-state index in [4.69, 9.17) is 4.74 Å². The van der Waals surface area contributed by atoms with Crippen molar-refractivity contribution in [2.24, 2.45) is 10.9 Å². The third-order valence-electron chi connectivity index (χ3n) is 5.16. The molecule has 0 bridgehead atoms. The molecule has 0 aliphatic carbocycles. The van der Waals surface area contributed by atoms with Gasteiger partial charge in [-0.2, -0.15) is 0 Å². The number of carbonyl (C=O) groups is 1. The summed E-state index contributed by atoms with van der Waals surface area (Å²) in [4.78, 5) is 21.8. The summed E-state index contributed by atoms with van der Waals surface area (Å²) in [7, 11) is 1.78. The number of likely N-dealkylation sites (tertiary alicyclic amines) is 1. The number of morpholine rings is 1. The Balaban J connectivity index is 0.00000300. The summed E-state index contributed by atoms with van der Waals surface area (Å²) < 4.78 is 19.0. The molecule has 9 heteroatoms. The Bertz CT molecular complexity index is 680. The molecule has 1 amide bonds. The standard InChI is InChI=1S/C20H29FN4O2S.HI/c1-22-20(23-8-15-28-18-5-3-2-4-17(18)21)25-9-6-16(7-10-25)19(26)24-11-13-27-14-12-24;/h2-5,16H,6-15H2,1H3,(H,22,23);1H. The lowest BCUT2D eigenvalue weighted by Crippen LogP contribution is -2.50.